The normalized spacial score (nSPS) is 11.9. The second kappa shape index (κ2) is 5.35. The molecule has 92 valence electrons. The van der Waals surface area contributed by atoms with Crippen LogP contribution in [-0.4, -0.2) is 15.9 Å². The lowest BCUT2D eigenvalue weighted by molar-refractivity contribution is 0.0938. The van der Waals surface area contributed by atoms with E-state index >= 15 is 0 Å². The molecule has 0 saturated carbocycles. The Morgan fingerprint density at radius 2 is 2.11 bits per heavy atom. The minimum atomic E-state index is -0.673. The number of aromatic nitrogens is 2. The summed E-state index contributed by atoms with van der Waals surface area (Å²) in [5.74, 6) is -1.03. The quantitative estimate of drug-likeness (QED) is 0.842. The van der Waals surface area contributed by atoms with E-state index in [1.165, 1.54) is 12.3 Å². The van der Waals surface area contributed by atoms with E-state index in [-0.39, 0.29) is 17.5 Å². The monoisotopic (exact) mass is 245 g/mol. The number of nitrogens with zero attached hydrogens (tertiary/aromatic N) is 2. The first-order valence-electron chi connectivity index (χ1n) is 5.50. The first-order valence-corrected chi connectivity index (χ1v) is 5.50. The predicted octanol–water partition coefficient (Wildman–Crippen LogP) is 2.11. The highest BCUT2D eigenvalue weighted by Crippen LogP contribution is 2.09. The number of carbonyl (C=O) groups is 1. The molecule has 5 heteroatoms. The van der Waals surface area contributed by atoms with Gasteiger partial charge in [0, 0.05) is 24.0 Å². The molecule has 1 unspecified atom stereocenters. The lowest BCUT2D eigenvalue weighted by Crippen LogP contribution is -2.27. The highest BCUT2D eigenvalue weighted by Gasteiger charge is 2.12. The van der Waals surface area contributed by atoms with Crippen LogP contribution < -0.4 is 5.32 Å². The third kappa shape index (κ3) is 2.88. The van der Waals surface area contributed by atoms with E-state index in [2.05, 4.69) is 15.3 Å². The Kier molecular flexibility index (Phi) is 3.62. The van der Waals surface area contributed by atoms with Gasteiger partial charge in [0.1, 0.15) is 0 Å². The maximum atomic E-state index is 12.9. The summed E-state index contributed by atoms with van der Waals surface area (Å²) < 4.78 is 12.9. The van der Waals surface area contributed by atoms with Crippen LogP contribution >= 0.6 is 0 Å². The molecule has 1 atom stereocenters. The number of halogens is 1. The molecule has 2 aromatic rings. The van der Waals surface area contributed by atoms with E-state index < -0.39 is 5.95 Å². The van der Waals surface area contributed by atoms with E-state index in [1.807, 2.05) is 19.1 Å². The first-order chi connectivity index (χ1) is 8.66. The van der Waals surface area contributed by atoms with Crippen LogP contribution in [0.15, 0.2) is 42.7 Å². The number of hydrogen-bond acceptors (Lipinski definition) is 3. The van der Waals surface area contributed by atoms with E-state index in [1.54, 1.807) is 12.3 Å². The van der Waals surface area contributed by atoms with Crippen LogP contribution in [0.3, 0.4) is 0 Å². The van der Waals surface area contributed by atoms with Crippen LogP contribution in [0.4, 0.5) is 4.39 Å². The number of nitrogens with one attached hydrogen (secondary N) is 1. The molecule has 0 bridgehead atoms. The van der Waals surface area contributed by atoms with Crippen molar-refractivity contribution in [1.29, 1.82) is 0 Å². The Hall–Kier alpha value is -2.30. The van der Waals surface area contributed by atoms with E-state index in [9.17, 15) is 9.18 Å². The Morgan fingerprint density at radius 1 is 1.28 bits per heavy atom. The molecule has 2 heterocycles. The van der Waals surface area contributed by atoms with Gasteiger partial charge in [-0.05, 0) is 25.1 Å². The van der Waals surface area contributed by atoms with Crippen LogP contribution in [0, 0.1) is 5.95 Å². The first kappa shape index (κ1) is 12.2. The zero-order valence-electron chi connectivity index (χ0n) is 9.80. The third-order valence-electron chi connectivity index (χ3n) is 2.47. The molecule has 0 spiro atoms. The maximum Gasteiger partial charge on any atom is 0.252 e. The number of hydrogen-bond donors (Lipinski definition) is 1. The SMILES string of the molecule is CC(NC(=O)c1ccnc(F)c1)c1ccccn1. The Bertz CT molecular complexity index is 545. The zero-order valence-corrected chi connectivity index (χ0v) is 9.80. The van der Waals surface area contributed by atoms with Gasteiger partial charge in [-0.3, -0.25) is 9.78 Å². The summed E-state index contributed by atoms with van der Waals surface area (Å²) in [6.07, 6.45) is 2.92. The van der Waals surface area contributed by atoms with E-state index in [4.69, 9.17) is 0 Å². The van der Waals surface area contributed by atoms with Gasteiger partial charge in [0.2, 0.25) is 5.95 Å². The zero-order chi connectivity index (χ0) is 13.0. The molecule has 0 aromatic carbocycles. The van der Waals surface area contributed by atoms with Gasteiger partial charge < -0.3 is 5.32 Å². The van der Waals surface area contributed by atoms with Crippen molar-refractivity contribution in [1.82, 2.24) is 15.3 Å². The van der Waals surface area contributed by atoms with Crippen LogP contribution in [-0.2, 0) is 0 Å². The van der Waals surface area contributed by atoms with Crippen molar-refractivity contribution >= 4 is 5.91 Å². The Morgan fingerprint density at radius 3 is 2.78 bits per heavy atom. The van der Waals surface area contributed by atoms with Crippen LogP contribution in [0.5, 0.6) is 0 Å². The summed E-state index contributed by atoms with van der Waals surface area (Å²) >= 11 is 0. The lowest BCUT2D eigenvalue weighted by Gasteiger charge is -2.13. The molecule has 1 amide bonds. The third-order valence-corrected chi connectivity index (χ3v) is 2.47. The largest absolute Gasteiger partial charge is 0.344 e. The van der Waals surface area contributed by atoms with Crippen molar-refractivity contribution in [2.45, 2.75) is 13.0 Å². The van der Waals surface area contributed by atoms with Gasteiger partial charge >= 0.3 is 0 Å². The van der Waals surface area contributed by atoms with Crippen molar-refractivity contribution in [3.63, 3.8) is 0 Å². The fourth-order valence-corrected chi connectivity index (χ4v) is 1.53. The van der Waals surface area contributed by atoms with Gasteiger partial charge in [-0.15, -0.1) is 0 Å². The second-order valence-electron chi connectivity index (χ2n) is 3.82. The molecule has 4 nitrogen and oxygen atoms in total. The van der Waals surface area contributed by atoms with E-state index in [0.717, 1.165) is 11.8 Å². The van der Waals surface area contributed by atoms with Crippen molar-refractivity contribution in [2.24, 2.45) is 0 Å². The number of pyridine rings is 2. The molecule has 0 radical (unpaired) electrons. The molecule has 2 aromatic heterocycles. The summed E-state index contributed by atoms with van der Waals surface area (Å²) in [7, 11) is 0. The highest BCUT2D eigenvalue weighted by molar-refractivity contribution is 5.94. The Labute approximate surface area is 104 Å². The van der Waals surface area contributed by atoms with Gasteiger partial charge in [0.05, 0.1) is 11.7 Å². The molecule has 0 aliphatic rings. The molecule has 0 aliphatic heterocycles. The highest BCUT2D eigenvalue weighted by atomic mass is 19.1. The van der Waals surface area contributed by atoms with Crippen LogP contribution in [0.25, 0.3) is 0 Å². The van der Waals surface area contributed by atoms with Gasteiger partial charge in [-0.2, -0.15) is 4.39 Å². The average molecular weight is 245 g/mol. The minimum absolute atomic E-state index is 0.241. The van der Waals surface area contributed by atoms with Crippen molar-refractivity contribution in [3.05, 3.63) is 59.9 Å². The standard InChI is InChI=1S/C13H12FN3O/c1-9(11-4-2-3-6-15-11)17-13(18)10-5-7-16-12(14)8-10/h2-9H,1H3,(H,17,18). The molecule has 0 aliphatic carbocycles. The van der Waals surface area contributed by atoms with Crippen molar-refractivity contribution < 1.29 is 9.18 Å². The van der Waals surface area contributed by atoms with Gasteiger partial charge in [-0.1, -0.05) is 6.07 Å². The molecule has 2 rings (SSSR count). The summed E-state index contributed by atoms with van der Waals surface area (Å²) in [6.45, 7) is 1.82. The predicted molar refractivity (Wildman–Crippen MR) is 64.3 cm³/mol. The molecular weight excluding hydrogens is 233 g/mol. The van der Waals surface area contributed by atoms with Gasteiger partial charge in [0.15, 0.2) is 0 Å². The maximum absolute atomic E-state index is 12.9. The van der Waals surface area contributed by atoms with Crippen molar-refractivity contribution in [2.75, 3.05) is 0 Å². The van der Waals surface area contributed by atoms with Gasteiger partial charge in [0.25, 0.3) is 5.91 Å². The number of rotatable bonds is 3. The summed E-state index contributed by atoms with van der Waals surface area (Å²) in [5, 5.41) is 2.74. The van der Waals surface area contributed by atoms with Crippen LogP contribution in [0.1, 0.15) is 29.0 Å². The number of amides is 1. The van der Waals surface area contributed by atoms with Crippen molar-refractivity contribution in [3.8, 4) is 0 Å². The fourth-order valence-electron chi connectivity index (χ4n) is 1.53. The summed E-state index contributed by atoms with van der Waals surface area (Å²) in [5.41, 5.74) is 0.991. The van der Waals surface area contributed by atoms with Gasteiger partial charge in [-0.25, -0.2) is 4.98 Å². The summed E-state index contributed by atoms with van der Waals surface area (Å²) in [4.78, 5) is 19.4. The summed E-state index contributed by atoms with van der Waals surface area (Å²) in [6, 6.07) is 7.78. The smallest absolute Gasteiger partial charge is 0.252 e. The molecule has 0 saturated heterocycles. The molecule has 0 fully saturated rings. The van der Waals surface area contributed by atoms with E-state index in [0.29, 0.717) is 0 Å². The molecule has 1 N–H and O–H groups in total. The molecular formula is C13H12FN3O. The lowest BCUT2D eigenvalue weighted by atomic mass is 10.2. The topological polar surface area (TPSA) is 54.9 Å². The second-order valence-corrected chi connectivity index (χ2v) is 3.82. The molecule has 18 heavy (non-hydrogen) atoms. The number of carbonyl (C=O) groups excluding carboxylic acids is 1. The average Bonchev–Trinajstić information content (AvgIpc) is 2.39. The van der Waals surface area contributed by atoms with Crippen LogP contribution in [0.2, 0.25) is 0 Å². The minimum Gasteiger partial charge on any atom is -0.344 e. The Balaban J connectivity index is 2.08. The fraction of sp³-hybridized carbons (Fsp3) is 0.154.